The summed E-state index contributed by atoms with van der Waals surface area (Å²) in [5.74, 6) is -2.01. The first kappa shape index (κ1) is 39.4. The molecule has 1 aliphatic rings. The van der Waals surface area contributed by atoms with E-state index < -0.39 is 76.7 Å². The molecule has 3 rings (SSSR count). The van der Waals surface area contributed by atoms with Gasteiger partial charge in [0, 0.05) is 6.54 Å². The number of aliphatic hydroxyl groups excluding tert-OH is 2. The number of nitrogens with zero attached hydrogens (tertiary/aromatic N) is 4. The third-order valence-corrected chi connectivity index (χ3v) is 11.5. The molecule has 0 saturated carbocycles. The van der Waals surface area contributed by atoms with Gasteiger partial charge in [0.05, 0.1) is 26.1 Å². The van der Waals surface area contributed by atoms with Crippen LogP contribution in [-0.2, 0) is 37.2 Å². The van der Waals surface area contributed by atoms with Crippen LogP contribution in [0.1, 0.15) is 52.7 Å². The van der Waals surface area contributed by atoms with E-state index in [0.717, 1.165) is 49.6 Å². The van der Waals surface area contributed by atoms with E-state index >= 15 is 0 Å². The number of hydrogen-bond donors (Lipinski definition) is 7. The zero-order valence-corrected chi connectivity index (χ0v) is 28.5. The number of carbonyl (C=O) groups is 2. The Morgan fingerprint density at radius 2 is 1.85 bits per heavy atom. The molecule has 0 aromatic carbocycles. The van der Waals surface area contributed by atoms with Crippen molar-refractivity contribution in [1.29, 1.82) is 0 Å². The number of aromatic nitrogens is 4. The van der Waals surface area contributed by atoms with E-state index in [1.807, 2.05) is 13.8 Å². The number of nitrogens with two attached hydrogens (primary N) is 1. The summed E-state index contributed by atoms with van der Waals surface area (Å²) in [6.45, 7) is 6.32. The number of aromatic amines is 1. The Morgan fingerprint density at radius 3 is 2.48 bits per heavy atom. The molecule has 0 spiro atoms. The van der Waals surface area contributed by atoms with Gasteiger partial charge in [0.15, 0.2) is 17.4 Å². The van der Waals surface area contributed by atoms with E-state index in [1.54, 1.807) is 0 Å². The van der Waals surface area contributed by atoms with Crippen LogP contribution in [0.3, 0.4) is 0 Å². The topological polar surface area (TPSA) is 291 Å². The smallest absolute Gasteiger partial charge is 0.415 e. The second-order valence-corrected chi connectivity index (χ2v) is 14.7. The zero-order valence-electron chi connectivity index (χ0n) is 26.7. The van der Waals surface area contributed by atoms with Crippen molar-refractivity contribution in [2.75, 3.05) is 32.1 Å². The number of hydrogen-bond acceptors (Lipinski definition) is 14. The average Bonchev–Trinajstić information content (AvgIpc) is 3.56. The predicted octanol–water partition coefficient (Wildman–Crippen LogP) is 0.307. The average molecular weight is 724 g/mol. The molecule has 0 bridgehead atoms. The second-order valence-electron chi connectivity index (χ2n) is 11.0. The summed E-state index contributed by atoms with van der Waals surface area (Å²) < 4.78 is 49.2. The maximum Gasteiger partial charge on any atom is 0.415 e. The highest BCUT2D eigenvalue weighted by Gasteiger charge is 2.52. The zero-order chi connectivity index (χ0) is 35.8. The molecule has 22 heteroatoms. The van der Waals surface area contributed by atoms with Crippen molar-refractivity contribution in [3.63, 3.8) is 0 Å². The van der Waals surface area contributed by atoms with E-state index in [4.69, 9.17) is 24.3 Å². The molecule has 2 aromatic heterocycles. The van der Waals surface area contributed by atoms with Gasteiger partial charge in [-0.15, -0.1) is 0 Å². The maximum absolute atomic E-state index is 13.6. The Kier molecular flexibility index (Phi) is 14.0. The van der Waals surface area contributed by atoms with E-state index in [2.05, 4.69) is 26.8 Å². The lowest BCUT2D eigenvalue weighted by Crippen LogP contribution is -2.39. The van der Waals surface area contributed by atoms with Crippen LogP contribution in [0.25, 0.3) is 11.2 Å². The van der Waals surface area contributed by atoms with Gasteiger partial charge in [-0.1, -0.05) is 37.7 Å². The highest BCUT2D eigenvalue weighted by atomic mass is 31.3. The van der Waals surface area contributed by atoms with Crippen LogP contribution in [0.5, 0.6) is 0 Å². The van der Waals surface area contributed by atoms with Crippen LogP contribution >= 0.6 is 15.5 Å². The molecule has 3 heterocycles. The molecule has 1 saturated heterocycles. The number of aliphatic hydroxyl groups is 2. The normalized spacial score (nSPS) is 22.8. The number of esters is 1. The van der Waals surface area contributed by atoms with Crippen molar-refractivity contribution in [2.24, 2.45) is 5.92 Å². The Labute approximate surface area is 275 Å². The number of ether oxygens (including phenoxy) is 2. The lowest BCUT2D eigenvalue weighted by Gasteiger charge is -2.33. The maximum atomic E-state index is 13.6. The molecule has 2 aromatic rings. The first-order chi connectivity index (χ1) is 22.6. The van der Waals surface area contributed by atoms with Crippen LogP contribution in [0.2, 0.25) is 0 Å². The highest BCUT2D eigenvalue weighted by molar-refractivity contribution is 7.66. The first-order valence-corrected chi connectivity index (χ1v) is 18.2. The number of imidazole rings is 1. The molecule has 1 fully saturated rings. The molecule has 0 aliphatic carbocycles. The van der Waals surface area contributed by atoms with Crippen LogP contribution in [0, 0.1) is 5.92 Å². The molecule has 48 heavy (non-hydrogen) atoms. The number of anilines is 1. The summed E-state index contributed by atoms with van der Waals surface area (Å²) in [4.78, 5) is 68.6. The number of rotatable bonds is 19. The van der Waals surface area contributed by atoms with Crippen LogP contribution in [-0.4, -0.2) is 107 Å². The van der Waals surface area contributed by atoms with Gasteiger partial charge < -0.3 is 40.5 Å². The van der Waals surface area contributed by atoms with Gasteiger partial charge in [-0.25, -0.2) is 14.1 Å². The van der Waals surface area contributed by atoms with Crippen LogP contribution in [0.4, 0.5) is 5.95 Å². The van der Waals surface area contributed by atoms with Crippen LogP contribution < -0.4 is 16.6 Å². The lowest BCUT2D eigenvalue weighted by atomic mass is 9.99. The van der Waals surface area contributed by atoms with Crippen molar-refractivity contribution in [3.05, 3.63) is 29.3 Å². The summed E-state index contributed by atoms with van der Waals surface area (Å²) in [6, 6.07) is -1.87. The number of amides is 1. The minimum absolute atomic E-state index is 0.00886. The van der Waals surface area contributed by atoms with E-state index in [-0.39, 0.29) is 40.6 Å². The minimum Gasteiger partial charge on any atom is -0.464 e. The van der Waals surface area contributed by atoms with Gasteiger partial charge in [-0.3, -0.25) is 33.0 Å². The fourth-order valence-electron chi connectivity index (χ4n) is 5.05. The van der Waals surface area contributed by atoms with E-state index in [0.29, 0.717) is 0 Å². The quantitative estimate of drug-likeness (QED) is 0.0444. The first-order valence-electron chi connectivity index (χ1n) is 15.1. The van der Waals surface area contributed by atoms with E-state index in [9.17, 15) is 43.5 Å². The Balaban J connectivity index is 1.81. The van der Waals surface area contributed by atoms with Gasteiger partial charge in [-0.2, -0.15) is 4.98 Å². The van der Waals surface area contributed by atoms with Gasteiger partial charge >= 0.3 is 21.5 Å². The summed E-state index contributed by atoms with van der Waals surface area (Å²) in [7, 11) is -10.8. The largest absolute Gasteiger partial charge is 0.464 e. The van der Waals surface area contributed by atoms with Gasteiger partial charge in [0.2, 0.25) is 11.9 Å². The van der Waals surface area contributed by atoms with Crippen molar-refractivity contribution >= 4 is 44.5 Å². The predicted molar refractivity (Wildman–Crippen MR) is 169 cm³/mol. The number of nitrogen functional groups attached to an aromatic ring is 1. The number of H-pyrrole nitrogens is 1. The standard InChI is InChI=1S/C26H43N7O13P2/c1-5-8-16(9-6-2)12-43-25(38)15(4)33(47(39,40)44-11-10-28-18(34)7-3)48(41,42)45-13-17-20(35)21(36)24(46-17)32-14-29-19-22(32)30-26(27)31-23(19)37/h7,14-17,20-21,24,35-36H,3,5-6,8-13H2,1-2,4H3,(H,28,34)(H,39,40)(H,41,42)(H3,27,30,31,37)/t15-,17+,20+,21+,24+/m0/s1. The summed E-state index contributed by atoms with van der Waals surface area (Å²) in [5, 5.41) is 23.7. The van der Waals surface area contributed by atoms with Crippen LogP contribution in [0.15, 0.2) is 23.8 Å². The molecule has 2 unspecified atom stereocenters. The molecule has 1 aliphatic heterocycles. The number of carbonyl (C=O) groups excluding carboxylic acids is 2. The Morgan fingerprint density at radius 1 is 1.21 bits per heavy atom. The fraction of sp³-hybridized carbons (Fsp3) is 0.654. The van der Waals surface area contributed by atoms with Crippen molar-refractivity contribution in [2.45, 2.75) is 77.0 Å². The molecule has 1 amide bonds. The second kappa shape index (κ2) is 17.1. The molecule has 8 N–H and O–H groups in total. The molecular formula is C26H43N7O13P2. The van der Waals surface area contributed by atoms with Gasteiger partial charge in [-0.05, 0) is 31.8 Å². The highest BCUT2D eigenvalue weighted by Crippen LogP contribution is 2.65. The lowest BCUT2D eigenvalue weighted by molar-refractivity contribution is -0.148. The van der Waals surface area contributed by atoms with E-state index in [1.165, 1.54) is 0 Å². The monoisotopic (exact) mass is 723 g/mol. The molecule has 270 valence electrons. The van der Waals surface area contributed by atoms with Crippen molar-refractivity contribution in [1.82, 2.24) is 29.3 Å². The Bertz CT molecular complexity index is 1580. The summed E-state index contributed by atoms with van der Waals surface area (Å²) in [5.41, 5.74) is 4.69. The fourth-order valence-corrected chi connectivity index (χ4v) is 8.47. The SMILES string of the molecule is C=CC(=O)NCCOP(=O)(O)N([C@@H](C)C(=O)OCC(CCC)CCC)P(=O)(O)OC[C@H]1O[C@@H](n2cnc3c(=O)[nH]c(N)nc32)[C@H](O)[C@@H]1O. The van der Waals surface area contributed by atoms with Crippen molar-refractivity contribution in [3.8, 4) is 0 Å². The van der Waals surface area contributed by atoms with Crippen molar-refractivity contribution < 1.29 is 57.2 Å². The third-order valence-electron chi connectivity index (χ3n) is 7.38. The molecule has 7 atom stereocenters. The summed E-state index contributed by atoms with van der Waals surface area (Å²) in [6.07, 6.45) is -1.23. The number of fused-ring (bicyclic) bond motifs is 1. The summed E-state index contributed by atoms with van der Waals surface area (Å²) >= 11 is 0. The number of nitrogens with one attached hydrogen (secondary N) is 2. The minimum atomic E-state index is -5.49. The van der Waals surface area contributed by atoms with Gasteiger partial charge in [0.25, 0.3) is 5.56 Å². The third kappa shape index (κ3) is 9.56. The van der Waals surface area contributed by atoms with Gasteiger partial charge in [0.1, 0.15) is 24.4 Å². The molecule has 20 nitrogen and oxygen atoms in total. The molecular weight excluding hydrogens is 680 g/mol. The molecule has 0 radical (unpaired) electrons. The Hall–Kier alpha value is -3.03.